The topological polar surface area (TPSA) is 78.6 Å². The van der Waals surface area contributed by atoms with Gasteiger partial charge >= 0.3 is 0 Å². The second-order valence-electron chi connectivity index (χ2n) is 5.13. The van der Waals surface area contributed by atoms with Crippen molar-refractivity contribution in [1.82, 2.24) is 5.32 Å². The number of aliphatic hydroxyl groups is 1. The van der Waals surface area contributed by atoms with Gasteiger partial charge in [-0.2, -0.15) is 0 Å². The standard InChI is InChI=1S/C14H21N3O2/c1-9-8-17(6-5-13(9)18)12-7-10(14(19)16-2)3-4-11(12)15/h3-4,7,9,13,18H,5-6,8,15H2,1-2H3,(H,16,19). The molecule has 1 heterocycles. The molecule has 0 aliphatic carbocycles. The molecular weight excluding hydrogens is 242 g/mol. The first-order valence-electron chi connectivity index (χ1n) is 6.57. The number of benzene rings is 1. The summed E-state index contributed by atoms with van der Waals surface area (Å²) in [6.45, 7) is 3.53. The van der Waals surface area contributed by atoms with E-state index in [-0.39, 0.29) is 17.9 Å². The van der Waals surface area contributed by atoms with Gasteiger partial charge in [0.05, 0.1) is 17.5 Å². The Morgan fingerprint density at radius 1 is 1.53 bits per heavy atom. The summed E-state index contributed by atoms with van der Waals surface area (Å²) in [5, 5.41) is 12.4. The van der Waals surface area contributed by atoms with Gasteiger partial charge in [-0.25, -0.2) is 0 Å². The van der Waals surface area contributed by atoms with E-state index in [1.54, 1.807) is 19.2 Å². The largest absolute Gasteiger partial charge is 0.397 e. The van der Waals surface area contributed by atoms with Crippen molar-refractivity contribution in [3.8, 4) is 0 Å². The molecule has 1 aromatic rings. The van der Waals surface area contributed by atoms with Crippen molar-refractivity contribution in [2.45, 2.75) is 19.4 Å². The SMILES string of the molecule is CNC(=O)c1ccc(N)c(N2CCC(O)C(C)C2)c1. The molecular formula is C14H21N3O2. The maximum absolute atomic E-state index is 11.7. The monoisotopic (exact) mass is 263 g/mol. The Bertz CT molecular complexity index is 476. The van der Waals surface area contributed by atoms with Crippen LogP contribution in [0.3, 0.4) is 0 Å². The van der Waals surface area contributed by atoms with E-state index in [0.29, 0.717) is 11.3 Å². The summed E-state index contributed by atoms with van der Waals surface area (Å²) in [4.78, 5) is 13.8. The van der Waals surface area contributed by atoms with E-state index in [4.69, 9.17) is 5.73 Å². The molecule has 1 fully saturated rings. The van der Waals surface area contributed by atoms with Crippen LogP contribution in [0.25, 0.3) is 0 Å². The van der Waals surface area contributed by atoms with Crippen molar-refractivity contribution in [3.05, 3.63) is 23.8 Å². The second-order valence-corrected chi connectivity index (χ2v) is 5.13. The fourth-order valence-electron chi connectivity index (χ4n) is 2.46. The fraction of sp³-hybridized carbons (Fsp3) is 0.500. The third kappa shape index (κ3) is 2.81. The zero-order valence-corrected chi connectivity index (χ0v) is 11.4. The number of rotatable bonds is 2. The number of amides is 1. The molecule has 1 aromatic carbocycles. The predicted molar refractivity (Wildman–Crippen MR) is 76.2 cm³/mol. The molecule has 1 amide bonds. The first-order chi connectivity index (χ1) is 9.02. The Morgan fingerprint density at radius 3 is 2.89 bits per heavy atom. The fourth-order valence-corrected chi connectivity index (χ4v) is 2.46. The minimum absolute atomic E-state index is 0.119. The molecule has 5 nitrogen and oxygen atoms in total. The highest BCUT2D eigenvalue weighted by molar-refractivity contribution is 5.96. The molecule has 19 heavy (non-hydrogen) atoms. The quantitative estimate of drug-likeness (QED) is 0.691. The van der Waals surface area contributed by atoms with Gasteiger partial charge in [0.1, 0.15) is 0 Å². The van der Waals surface area contributed by atoms with Crippen molar-refractivity contribution in [2.75, 3.05) is 30.8 Å². The van der Waals surface area contributed by atoms with Crippen LogP contribution in [-0.2, 0) is 0 Å². The minimum Gasteiger partial charge on any atom is -0.397 e. The predicted octanol–water partition coefficient (Wildman–Crippen LogP) is 0.835. The molecule has 1 aliphatic rings. The van der Waals surface area contributed by atoms with E-state index in [2.05, 4.69) is 10.2 Å². The number of hydrogen-bond donors (Lipinski definition) is 3. The molecule has 1 aliphatic heterocycles. The van der Waals surface area contributed by atoms with Crippen LogP contribution in [-0.4, -0.2) is 37.3 Å². The lowest BCUT2D eigenvalue weighted by Gasteiger charge is -2.36. The zero-order chi connectivity index (χ0) is 14.0. The van der Waals surface area contributed by atoms with Crippen molar-refractivity contribution in [3.63, 3.8) is 0 Å². The van der Waals surface area contributed by atoms with Crippen molar-refractivity contribution >= 4 is 17.3 Å². The number of nitrogens with zero attached hydrogens (tertiary/aromatic N) is 1. The summed E-state index contributed by atoms with van der Waals surface area (Å²) < 4.78 is 0. The molecule has 4 N–H and O–H groups in total. The molecule has 0 radical (unpaired) electrons. The third-order valence-electron chi connectivity index (χ3n) is 3.72. The van der Waals surface area contributed by atoms with Crippen LogP contribution in [0.5, 0.6) is 0 Å². The third-order valence-corrected chi connectivity index (χ3v) is 3.72. The van der Waals surface area contributed by atoms with E-state index in [1.165, 1.54) is 0 Å². The lowest BCUT2D eigenvalue weighted by Crippen LogP contribution is -2.42. The van der Waals surface area contributed by atoms with E-state index in [1.807, 2.05) is 13.0 Å². The Kier molecular flexibility index (Phi) is 3.95. The van der Waals surface area contributed by atoms with Crippen LogP contribution < -0.4 is 16.0 Å². The smallest absolute Gasteiger partial charge is 0.251 e. The van der Waals surface area contributed by atoms with Crippen LogP contribution >= 0.6 is 0 Å². The van der Waals surface area contributed by atoms with E-state index < -0.39 is 0 Å². The van der Waals surface area contributed by atoms with E-state index >= 15 is 0 Å². The lowest BCUT2D eigenvalue weighted by atomic mass is 9.96. The highest BCUT2D eigenvalue weighted by Crippen LogP contribution is 2.29. The highest BCUT2D eigenvalue weighted by atomic mass is 16.3. The summed E-state index contributed by atoms with van der Waals surface area (Å²) in [6, 6.07) is 5.30. The van der Waals surface area contributed by atoms with Crippen LogP contribution in [0.1, 0.15) is 23.7 Å². The van der Waals surface area contributed by atoms with Gasteiger partial charge in [-0.15, -0.1) is 0 Å². The number of nitrogen functional groups attached to an aromatic ring is 1. The summed E-state index contributed by atoms with van der Waals surface area (Å²) in [6.07, 6.45) is 0.477. The number of anilines is 2. The summed E-state index contributed by atoms with van der Waals surface area (Å²) in [5.41, 5.74) is 8.15. The van der Waals surface area contributed by atoms with Gasteiger partial charge in [0.2, 0.25) is 0 Å². The zero-order valence-electron chi connectivity index (χ0n) is 11.4. The molecule has 0 aromatic heterocycles. The maximum Gasteiger partial charge on any atom is 0.251 e. The number of carbonyl (C=O) groups is 1. The maximum atomic E-state index is 11.7. The number of nitrogens with one attached hydrogen (secondary N) is 1. The summed E-state index contributed by atoms with van der Waals surface area (Å²) >= 11 is 0. The number of nitrogens with two attached hydrogens (primary N) is 1. The van der Waals surface area contributed by atoms with Crippen molar-refractivity contribution in [1.29, 1.82) is 0 Å². The molecule has 2 atom stereocenters. The van der Waals surface area contributed by atoms with Crippen LogP contribution in [0.15, 0.2) is 18.2 Å². The van der Waals surface area contributed by atoms with Crippen molar-refractivity contribution in [2.24, 2.45) is 5.92 Å². The summed E-state index contributed by atoms with van der Waals surface area (Å²) in [5.74, 6) is 0.0863. The minimum atomic E-state index is -0.250. The number of piperidine rings is 1. The molecule has 2 rings (SSSR count). The average molecular weight is 263 g/mol. The number of carbonyl (C=O) groups excluding carboxylic acids is 1. The molecule has 0 spiro atoms. The van der Waals surface area contributed by atoms with Crippen LogP contribution in [0.4, 0.5) is 11.4 Å². The normalized spacial score (nSPS) is 23.2. The van der Waals surface area contributed by atoms with Gasteiger partial charge in [-0.1, -0.05) is 6.92 Å². The van der Waals surface area contributed by atoms with Gasteiger partial charge in [-0.3, -0.25) is 4.79 Å². The van der Waals surface area contributed by atoms with E-state index in [9.17, 15) is 9.90 Å². The second kappa shape index (κ2) is 5.48. The Balaban J connectivity index is 2.26. The van der Waals surface area contributed by atoms with Gasteiger partial charge in [0.25, 0.3) is 5.91 Å². The summed E-state index contributed by atoms with van der Waals surface area (Å²) in [7, 11) is 1.61. The molecule has 104 valence electrons. The van der Waals surface area contributed by atoms with Gasteiger partial charge in [0, 0.05) is 25.7 Å². The lowest BCUT2D eigenvalue weighted by molar-refractivity contribution is 0.0957. The molecule has 0 saturated carbocycles. The average Bonchev–Trinajstić information content (AvgIpc) is 2.41. The molecule has 2 unspecified atom stereocenters. The van der Waals surface area contributed by atoms with Crippen molar-refractivity contribution < 1.29 is 9.90 Å². The first kappa shape index (κ1) is 13.7. The highest BCUT2D eigenvalue weighted by Gasteiger charge is 2.25. The van der Waals surface area contributed by atoms with Gasteiger partial charge in [0.15, 0.2) is 0 Å². The number of aliphatic hydroxyl groups excluding tert-OH is 1. The Labute approximate surface area is 113 Å². The number of hydrogen-bond acceptors (Lipinski definition) is 4. The van der Waals surface area contributed by atoms with Gasteiger partial charge in [-0.05, 0) is 30.5 Å². The van der Waals surface area contributed by atoms with Gasteiger partial charge < -0.3 is 21.1 Å². The molecule has 0 bridgehead atoms. The Hall–Kier alpha value is -1.75. The van der Waals surface area contributed by atoms with E-state index in [0.717, 1.165) is 25.2 Å². The molecule has 5 heteroatoms. The van der Waals surface area contributed by atoms with Crippen LogP contribution in [0.2, 0.25) is 0 Å². The first-order valence-corrected chi connectivity index (χ1v) is 6.57. The molecule has 1 saturated heterocycles. The van der Waals surface area contributed by atoms with Crippen LogP contribution in [0, 0.1) is 5.92 Å². The Morgan fingerprint density at radius 2 is 2.26 bits per heavy atom.